The van der Waals surface area contributed by atoms with Crippen LogP contribution in [0.2, 0.25) is 0 Å². The molecule has 0 spiro atoms. The molecular weight excluding hydrogens is 636 g/mol. The Bertz CT molecular complexity index is 1610. The van der Waals surface area contributed by atoms with E-state index in [1.807, 2.05) is 0 Å². The maximum Gasteiger partial charge on any atom is 0.239 e. The molecule has 0 saturated carbocycles. The summed E-state index contributed by atoms with van der Waals surface area (Å²) in [5.74, 6) is -2.88. The number of aliphatic hydroxyl groups is 7. The predicted molar refractivity (Wildman–Crippen MR) is 153 cm³/mol. The molecule has 18 nitrogen and oxygen atoms in total. The molecule has 2 aliphatic heterocycles. The Balaban J connectivity index is 1.52. The number of aromatic hydroxyl groups is 3. The van der Waals surface area contributed by atoms with Crippen LogP contribution in [0.3, 0.4) is 0 Å². The SMILES string of the molecule is COc1cc(-c2oc3cc(O)cc(O)c3c(=O)c2O[C@@H]2O[C@H](CO[C@@H]3O[C@H](CO)[C@@H](O)[C@H](O)[C@H]3O)[C@@H](O)[C@H](O)[C@H]2O)cc(OC)c1O. The average Bonchev–Trinajstić information content (AvgIpc) is 3.04. The van der Waals surface area contributed by atoms with Gasteiger partial charge in [0.15, 0.2) is 23.5 Å². The van der Waals surface area contributed by atoms with E-state index in [0.717, 1.165) is 12.1 Å². The molecule has 5 rings (SSSR count). The van der Waals surface area contributed by atoms with Gasteiger partial charge in [0.2, 0.25) is 23.2 Å². The smallest absolute Gasteiger partial charge is 0.239 e. The number of hydrogen-bond donors (Lipinski definition) is 10. The summed E-state index contributed by atoms with van der Waals surface area (Å²) in [5.41, 5.74) is -1.33. The molecule has 2 aliphatic rings. The minimum Gasteiger partial charge on any atom is -0.508 e. The first-order valence-corrected chi connectivity index (χ1v) is 14.1. The summed E-state index contributed by atoms with van der Waals surface area (Å²) in [6.45, 7) is -1.42. The molecule has 1 aromatic heterocycles. The molecule has 0 amide bonds. The number of hydrogen-bond acceptors (Lipinski definition) is 18. The molecule has 18 heteroatoms. The maximum atomic E-state index is 13.8. The zero-order valence-electron chi connectivity index (χ0n) is 24.7. The van der Waals surface area contributed by atoms with E-state index in [9.17, 15) is 55.9 Å². The van der Waals surface area contributed by atoms with Crippen molar-refractivity contribution in [3.8, 4) is 45.8 Å². The summed E-state index contributed by atoms with van der Waals surface area (Å²) in [7, 11) is 2.49. The summed E-state index contributed by atoms with van der Waals surface area (Å²) in [6, 6.07) is 4.39. The highest BCUT2D eigenvalue weighted by Gasteiger charge is 2.48. The monoisotopic (exact) mass is 670 g/mol. The number of rotatable bonds is 9. The quantitative estimate of drug-likeness (QED) is 0.113. The fourth-order valence-corrected chi connectivity index (χ4v) is 5.25. The van der Waals surface area contributed by atoms with Crippen LogP contribution < -0.4 is 19.6 Å². The Morgan fingerprint density at radius 3 is 1.91 bits per heavy atom. The first kappa shape index (κ1) is 34.4. The van der Waals surface area contributed by atoms with Crippen LogP contribution in [-0.4, -0.2) is 140 Å². The lowest BCUT2D eigenvalue weighted by Gasteiger charge is -2.42. The standard InChI is InChI=1S/C29H34O18/c1-41-13-3-9(4-14(42-2)18(13)33)26-27(21(36)17-11(32)5-10(31)6-12(17)44-26)47-29-25(40)23(38)20(35)16(46-29)8-43-28-24(39)22(37)19(34)15(7-30)45-28/h3-6,15-16,19-20,22-25,28-35,37-40H,7-8H2,1-2H3/t15-,16-,19-,20-,22+,23+,24-,25-,28-,29+/m1/s1. The lowest BCUT2D eigenvalue weighted by molar-refractivity contribution is -0.323. The van der Waals surface area contributed by atoms with Crippen molar-refractivity contribution in [2.75, 3.05) is 27.4 Å². The van der Waals surface area contributed by atoms with Gasteiger partial charge in [-0.3, -0.25) is 4.79 Å². The summed E-state index contributed by atoms with van der Waals surface area (Å²) < 4.78 is 38.3. The fourth-order valence-electron chi connectivity index (χ4n) is 5.25. The number of benzene rings is 2. The van der Waals surface area contributed by atoms with E-state index in [4.69, 9.17) is 32.8 Å². The molecule has 0 aliphatic carbocycles. The van der Waals surface area contributed by atoms with E-state index in [2.05, 4.69) is 0 Å². The topological polar surface area (TPSA) is 288 Å². The molecule has 0 unspecified atom stereocenters. The predicted octanol–water partition coefficient (Wildman–Crippen LogP) is -2.40. The normalized spacial score (nSPS) is 31.1. The fraction of sp³-hybridized carbons (Fsp3) is 0.483. The summed E-state index contributed by atoms with van der Waals surface area (Å²) in [5, 5.41) is 102. The molecule has 258 valence electrons. The van der Waals surface area contributed by atoms with E-state index in [-0.39, 0.29) is 22.6 Å². The second-order valence-electron chi connectivity index (χ2n) is 10.8. The van der Waals surface area contributed by atoms with Gasteiger partial charge in [0.05, 0.1) is 27.4 Å². The van der Waals surface area contributed by atoms with E-state index < -0.39 is 114 Å². The molecule has 3 aromatic rings. The number of phenols is 3. The third-order valence-electron chi connectivity index (χ3n) is 7.84. The molecule has 2 fully saturated rings. The second kappa shape index (κ2) is 13.6. The van der Waals surface area contributed by atoms with Crippen molar-refractivity contribution in [1.82, 2.24) is 0 Å². The Labute approximate surface area is 264 Å². The van der Waals surface area contributed by atoms with E-state index in [1.165, 1.54) is 26.4 Å². The highest BCUT2D eigenvalue weighted by Crippen LogP contribution is 2.44. The molecule has 0 bridgehead atoms. The van der Waals surface area contributed by atoms with Crippen LogP contribution in [0.1, 0.15) is 0 Å². The van der Waals surface area contributed by atoms with Gasteiger partial charge in [0.1, 0.15) is 71.3 Å². The summed E-state index contributed by atoms with van der Waals surface area (Å²) in [6.07, 6.45) is -17.5. The van der Waals surface area contributed by atoms with Crippen molar-refractivity contribution >= 4 is 11.0 Å². The molecule has 47 heavy (non-hydrogen) atoms. The van der Waals surface area contributed by atoms with Gasteiger partial charge in [-0.25, -0.2) is 0 Å². The molecule has 10 atom stereocenters. The van der Waals surface area contributed by atoms with Gasteiger partial charge in [-0.15, -0.1) is 0 Å². The van der Waals surface area contributed by atoms with Crippen molar-refractivity contribution in [3.05, 3.63) is 34.5 Å². The Morgan fingerprint density at radius 1 is 0.745 bits per heavy atom. The molecular formula is C29H34O18. The summed E-state index contributed by atoms with van der Waals surface area (Å²) in [4.78, 5) is 13.8. The van der Waals surface area contributed by atoms with Crippen molar-refractivity contribution in [1.29, 1.82) is 0 Å². The first-order chi connectivity index (χ1) is 22.3. The Hall–Kier alpha value is -3.95. The molecule has 2 saturated heterocycles. The molecule has 2 aromatic carbocycles. The van der Waals surface area contributed by atoms with Crippen molar-refractivity contribution in [2.24, 2.45) is 0 Å². The van der Waals surface area contributed by atoms with Crippen LogP contribution in [-0.2, 0) is 14.2 Å². The molecule has 10 N–H and O–H groups in total. The highest BCUT2D eigenvalue weighted by atomic mass is 16.7. The van der Waals surface area contributed by atoms with Gasteiger partial charge >= 0.3 is 0 Å². The number of aliphatic hydroxyl groups excluding tert-OH is 7. The van der Waals surface area contributed by atoms with Gasteiger partial charge < -0.3 is 83.9 Å². The van der Waals surface area contributed by atoms with E-state index >= 15 is 0 Å². The number of fused-ring (bicyclic) bond motifs is 1. The van der Waals surface area contributed by atoms with Crippen LogP contribution in [0.15, 0.2) is 33.5 Å². The van der Waals surface area contributed by atoms with Gasteiger partial charge in [0, 0.05) is 17.7 Å². The van der Waals surface area contributed by atoms with Crippen molar-refractivity contribution in [2.45, 2.75) is 61.4 Å². The van der Waals surface area contributed by atoms with Crippen LogP contribution >= 0.6 is 0 Å². The van der Waals surface area contributed by atoms with Gasteiger partial charge in [-0.2, -0.15) is 0 Å². The number of methoxy groups -OCH3 is 2. The maximum absolute atomic E-state index is 13.8. The van der Waals surface area contributed by atoms with Crippen LogP contribution in [0.4, 0.5) is 0 Å². The van der Waals surface area contributed by atoms with Gasteiger partial charge in [-0.05, 0) is 12.1 Å². The minimum absolute atomic E-state index is 0.00159. The minimum atomic E-state index is -2.01. The highest BCUT2D eigenvalue weighted by molar-refractivity contribution is 5.88. The Kier molecular flexibility index (Phi) is 9.99. The second-order valence-corrected chi connectivity index (χ2v) is 10.8. The van der Waals surface area contributed by atoms with E-state index in [0.29, 0.717) is 0 Å². The molecule has 0 radical (unpaired) electrons. The number of phenolic OH excluding ortho intramolecular Hbond substituents is 3. The van der Waals surface area contributed by atoms with Crippen LogP contribution in [0, 0.1) is 0 Å². The van der Waals surface area contributed by atoms with E-state index in [1.54, 1.807) is 0 Å². The van der Waals surface area contributed by atoms with Gasteiger partial charge in [0.25, 0.3) is 0 Å². The zero-order chi connectivity index (χ0) is 34.3. The summed E-state index contributed by atoms with van der Waals surface area (Å²) >= 11 is 0. The molecule has 3 heterocycles. The average molecular weight is 671 g/mol. The number of ether oxygens (including phenoxy) is 6. The van der Waals surface area contributed by atoms with Crippen LogP contribution in [0.25, 0.3) is 22.3 Å². The lowest BCUT2D eigenvalue weighted by Crippen LogP contribution is -2.62. The van der Waals surface area contributed by atoms with Crippen LogP contribution in [0.5, 0.6) is 34.5 Å². The largest absolute Gasteiger partial charge is 0.508 e. The van der Waals surface area contributed by atoms with Gasteiger partial charge in [-0.1, -0.05) is 0 Å². The third kappa shape index (κ3) is 6.35. The zero-order valence-corrected chi connectivity index (χ0v) is 24.7. The Morgan fingerprint density at radius 2 is 1.32 bits per heavy atom. The lowest BCUT2D eigenvalue weighted by atomic mass is 9.98. The van der Waals surface area contributed by atoms with Crippen molar-refractivity contribution in [3.63, 3.8) is 0 Å². The first-order valence-electron chi connectivity index (χ1n) is 14.1. The van der Waals surface area contributed by atoms with Crippen molar-refractivity contribution < 1.29 is 83.9 Å². The third-order valence-corrected chi connectivity index (χ3v) is 7.84.